The highest BCUT2D eigenvalue weighted by Gasteiger charge is 2.31. The number of carbonyl (C=O) groups is 1. The van der Waals surface area contributed by atoms with Crippen LogP contribution in [-0.4, -0.2) is 36.8 Å². The summed E-state index contributed by atoms with van der Waals surface area (Å²) in [5.41, 5.74) is 7.31. The van der Waals surface area contributed by atoms with Gasteiger partial charge in [0.1, 0.15) is 11.8 Å². The van der Waals surface area contributed by atoms with Crippen LogP contribution in [0.2, 0.25) is 0 Å². The lowest BCUT2D eigenvalue weighted by Crippen LogP contribution is -2.50. The Kier molecular flexibility index (Phi) is 6.38. The maximum Gasteiger partial charge on any atom is 0.238 e. The van der Waals surface area contributed by atoms with Crippen LogP contribution < -0.4 is 20.9 Å². The van der Waals surface area contributed by atoms with E-state index in [1.54, 1.807) is 7.11 Å². The van der Waals surface area contributed by atoms with E-state index in [4.69, 9.17) is 4.74 Å². The van der Waals surface area contributed by atoms with Gasteiger partial charge in [0.25, 0.3) is 0 Å². The molecule has 0 bridgehead atoms. The van der Waals surface area contributed by atoms with Crippen molar-refractivity contribution in [3.63, 3.8) is 0 Å². The first-order valence-electron chi connectivity index (χ1n) is 8.15. The molecule has 2 rings (SSSR count). The number of hydrogen-bond donors (Lipinski definition) is 4. The maximum absolute atomic E-state index is 12.4. The zero-order chi connectivity index (χ0) is 16.8. The number of carbonyl (C=O) groups excluding carboxylic acids is 1. The number of aliphatic hydroxyl groups excluding tert-OH is 1. The van der Waals surface area contributed by atoms with Gasteiger partial charge >= 0.3 is 0 Å². The number of hydrogen-bond acceptors (Lipinski definition) is 5. The van der Waals surface area contributed by atoms with Crippen LogP contribution in [0.15, 0.2) is 24.3 Å². The first-order chi connectivity index (χ1) is 11.1. The van der Waals surface area contributed by atoms with Gasteiger partial charge in [-0.3, -0.25) is 4.79 Å². The van der Waals surface area contributed by atoms with E-state index < -0.39 is 0 Å². The monoisotopic (exact) mass is 321 g/mol. The lowest BCUT2D eigenvalue weighted by Gasteiger charge is -2.23. The quantitative estimate of drug-likeness (QED) is 0.605. The van der Waals surface area contributed by atoms with Gasteiger partial charge in [0.05, 0.1) is 19.8 Å². The molecule has 0 aromatic heterocycles. The van der Waals surface area contributed by atoms with Crippen molar-refractivity contribution in [2.24, 2.45) is 5.92 Å². The van der Waals surface area contributed by atoms with Crippen LogP contribution in [0.25, 0.3) is 0 Å². The van der Waals surface area contributed by atoms with Gasteiger partial charge in [0, 0.05) is 6.04 Å². The Balaban J connectivity index is 1.92. The number of rotatable bonds is 7. The zero-order valence-electron chi connectivity index (χ0n) is 14.0. The molecule has 128 valence electrons. The molecule has 4 N–H and O–H groups in total. The summed E-state index contributed by atoms with van der Waals surface area (Å²) in [6, 6.07) is 7.38. The predicted octanol–water partition coefficient (Wildman–Crippen LogP) is 1.13. The number of amides is 1. The minimum Gasteiger partial charge on any atom is -0.497 e. The van der Waals surface area contributed by atoms with E-state index >= 15 is 0 Å². The van der Waals surface area contributed by atoms with Crippen LogP contribution >= 0.6 is 0 Å². The molecule has 1 amide bonds. The number of methoxy groups -OCH3 is 1. The van der Waals surface area contributed by atoms with Gasteiger partial charge < -0.3 is 15.2 Å². The Labute approximate surface area is 137 Å². The third-order valence-corrected chi connectivity index (χ3v) is 4.59. The van der Waals surface area contributed by atoms with Crippen LogP contribution in [0.5, 0.6) is 5.75 Å². The highest BCUT2D eigenvalue weighted by Crippen LogP contribution is 2.24. The van der Waals surface area contributed by atoms with Crippen molar-refractivity contribution < 1.29 is 14.6 Å². The molecule has 0 saturated carbocycles. The van der Waals surface area contributed by atoms with Gasteiger partial charge in [-0.2, -0.15) is 0 Å². The molecule has 1 fully saturated rings. The van der Waals surface area contributed by atoms with Gasteiger partial charge in [-0.25, -0.2) is 10.9 Å². The molecule has 0 spiro atoms. The molecule has 1 aliphatic heterocycles. The van der Waals surface area contributed by atoms with E-state index in [9.17, 15) is 9.90 Å². The standard InChI is InChI=1S/C17H27N3O3/c1-4-11(2)16(10-21)18-17(22)15-9-14(19-20-15)12-5-7-13(23-3)8-6-12/h5-8,11,14-16,19-21H,4,9-10H2,1-3H3,(H,18,22)/t11-,14?,15?,16-/m0/s1. The van der Waals surface area contributed by atoms with Gasteiger partial charge in [0.15, 0.2) is 0 Å². The molecule has 23 heavy (non-hydrogen) atoms. The molecule has 1 aromatic rings. The van der Waals surface area contributed by atoms with Crippen LogP contribution in [0.3, 0.4) is 0 Å². The van der Waals surface area contributed by atoms with E-state index in [-0.39, 0.29) is 36.6 Å². The first-order valence-corrected chi connectivity index (χ1v) is 8.15. The van der Waals surface area contributed by atoms with Crippen molar-refractivity contribution in [1.29, 1.82) is 0 Å². The predicted molar refractivity (Wildman–Crippen MR) is 88.9 cm³/mol. The number of benzene rings is 1. The average Bonchev–Trinajstić information content (AvgIpc) is 3.09. The average molecular weight is 321 g/mol. The number of aliphatic hydroxyl groups is 1. The fraction of sp³-hybridized carbons (Fsp3) is 0.588. The van der Waals surface area contributed by atoms with Gasteiger partial charge in [-0.15, -0.1) is 0 Å². The van der Waals surface area contributed by atoms with Gasteiger partial charge in [-0.05, 0) is 30.0 Å². The van der Waals surface area contributed by atoms with Crippen LogP contribution in [-0.2, 0) is 4.79 Å². The summed E-state index contributed by atoms with van der Waals surface area (Å²) in [7, 11) is 1.64. The van der Waals surface area contributed by atoms with Crippen molar-refractivity contribution in [2.45, 2.75) is 44.8 Å². The topological polar surface area (TPSA) is 82.6 Å². The lowest BCUT2D eigenvalue weighted by molar-refractivity contribution is -0.124. The maximum atomic E-state index is 12.4. The van der Waals surface area contributed by atoms with E-state index in [2.05, 4.69) is 23.1 Å². The van der Waals surface area contributed by atoms with Crippen LogP contribution in [0.4, 0.5) is 0 Å². The fourth-order valence-corrected chi connectivity index (χ4v) is 2.72. The smallest absolute Gasteiger partial charge is 0.238 e. The van der Waals surface area contributed by atoms with Crippen molar-refractivity contribution in [3.05, 3.63) is 29.8 Å². The second-order valence-electron chi connectivity index (χ2n) is 6.09. The summed E-state index contributed by atoms with van der Waals surface area (Å²) >= 11 is 0. The molecule has 2 unspecified atom stereocenters. The number of ether oxygens (including phenoxy) is 1. The molecule has 0 radical (unpaired) electrons. The minimum atomic E-state index is -0.305. The summed E-state index contributed by atoms with van der Waals surface area (Å²) in [5.74, 6) is 0.983. The number of hydrazine groups is 1. The Morgan fingerprint density at radius 2 is 2.09 bits per heavy atom. The van der Waals surface area contributed by atoms with Crippen molar-refractivity contribution in [2.75, 3.05) is 13.7 Å². The lowest BCUT2D eigenvalue weighted by atomic mass is 9.98. The van der Waals surface area contributed by atoms with E-state index in [1.165, 1.54) is 0 Å². The van der Waals surface area contributed by atoms with Crippen LogP contribution in [0.1, 0.15) is 38.3 Å². The molecule has 0 aliphatic carbocycles. The minimum absolute atomic E-state index is 0.0389. The molecule has 1 aliphatic rings. The Morgan fingerprint density at radius 1 is 1.39 bits per heavy atom. The summed E-state index contributed by atoms with van der Waals surface area (Å²) in [4.78, 5) is 12.4. The van der Waals surface area contributed by atoms with Crippen molar-refractivity contribution in [1.82, 2.24) is 16.2 Å². The molecule has 4 atom stereocenters. The normalized spacial score (nSPS) is 23.3. The SMILES string of the molecule is CC[C@H](C)[C@H](CO)NC(=O)C1CC(c2ccc(OC)cc2)NN1. The molecule has 1 heterocycles. The highest BCUT2D eigenvalue weighted by molar-refractivity contribution is 5.82. The number of nitrogens with one attached hydrogen (secondary N) is 3. The van der Waals surface area contributed by atoms with Crippen LogP contribution in [0, 0.1) is 5.92 Å². The molecule has 1 saturated heterocycles. The molecular weight excluding hydrogens is 294 g/mol. The second kappa shape index (κ2) is 8.29. The van der Waals surface area contributed by atoms with Crippen molar-refractivity contribution >= 4 is 5.91 Å². The molecular formula is C17H27N3O3. The summed E-state index contributed by atoms with van der Waals surface area (Å²) in [6.07, 6.45) is 1.58. The Hall–Kier alpha value is -1.63. The molecule has 6 nitrogen and oxygen atoms in total. The van der Waals surface area contributed by atoms with Gasteiger partial charge in [-0.1, -0.05) is 32.4 Å². The summed E-state index contributed by atoms with van der Waals surface area (Å²) in [5, 5.41) is 12.4. The zero-order valence-corrected chi connectivity index (χ0v) is 14.0. The first kappa shape index (κ1) is 17.7. The Morgan fingerprint density at radius 3 is 2.65 bits per heavy atom. The highest BCUT2D eigenvalue weighted by atomic mass is 16.5. The van der Waals surface area contributed by atoms with Crippen molar-refractivity contribution in [3.8, 4) is 5.75 Å². The van der Waals surface area contributed by atoms with Gasteiger partial charge in [0.2, 0.25) is 5.91 Å². The molecule has 1 aromatic carbocycles. The molecule has 6 heteroatoms. The second-order valence-corrected chi connectivity index (χ2v) is 6.09. The largest absolute Gasteiger partial charge is 0.497 e. The third-order valence-electron chi connectivity index (χ3n) is 4.59. The van der Waals surface area contributed by atoms with E-state index in [0.717, 1.165) is 17.7 Å². The Bertz CT molecular complexity index is 506. The third kappa shape index (κ3) is 4.43. The summed E-state index contributed by atoms with van der Waals surface area (Å²) < 4.78 is 5.16. The van der Waals surface area contributed by atoms with E-state index in [0.29, 0.717) is 6.42 Å². The fourth-order valence-electron chi connectivity index (χ4n) is 2.72. The van der Waals surface area contributed by atoms with E-state index in [1.807, 2.05) is 31.2 Å². The summed E-state index contributed by atoms with van der Waals surface area (Å²) in [6.45, 7) is 4.04.